The van der Waals surface area contributed by atoms with Crippen LogP contribution < -0.4 is 25.2 Å². The van der Waals surface area contributed by atoms with E-state index in [-0.39, 0.29) is 29.9 Å². The lowest BCUT2D eigenvalue weighted by Gasteiger charge is -2.27. The average Bonchev–Trinajstić information content (AvgIpc) is 2.86. The zero-order chi connectivity index (χ0) is 29.0. The Hall–Kier alpha value is -4.18. The summed E-state index contributed by atoms with van der Waals surface area (Å²) in [6.45, 7) is 2.92. The van der Waals surface area contributed by atoms with Crippen molar-refractivity contribution in [2.75, 3.05) is 36.5 Å². The predicted octanol–water partition coefficient (Wildman–Crippen LogP) is 3.96. The fourth-order valence-electron chi connectivity index (χ4n) is 3.66. The molecule has 0 aliphatic carbocycles. The molecule has 0 spiro atoms. The van der Waals surface area contributed by atoms with Crippen molar-refractivity contribution in [2.24, 2.45) is 5.92 Å². The number of alkyl halides is 3. The minimum atomic E-state index is -5.57. The molecule has 0 fully saturated rings. The number of hydrogen-bond donors (Lipinski definition) is 2. The van der Waals surface area contributed by atoms with Crippen molar-refractivity contribution in [1.82, 2.24) is 9.97 Å². The molecule has 3 rings (SSSR count). The second-order valence-electron chi connectivity index (χ2n) is 8.87. The van der Waals surface area contributed by atoms with Crippen LogP contribution in [0.2, 0.25) is 0 Å². The maximum absolute atomic E-state index is 13.3. The number of rotatable bonds is 8. The molecule has 0 amide bonds. The lowest BCUT2D eigenvalue weighted by Crippen LogP contribution is -2.42. The van der Waals surface area contributed by atoms with E-state index in [0.29, 0.717) is 38.9 Å². The molecule has 0 saturated carbocycles. The summed E-state index contributed by atoms with van der Waals surface area (Å²) < 4.78 is 75.4. The predicted molar refractivity (Wildman–Crippen MR) is 143 cm³/mol. The third kappa shape index (κ3) is 6.83. The van der Waals surface area contributed by atoms with Crippen molar-refractivity contribution in [3.05, 3.63) is 64.8 Å². The minimum absolute atomic E-state index is 0.0597. The molecule has 2 aromatic carbocycles. The second kappa shape index (κ2) is 11.7. The summed E-state index contributed by atoms with van der Waals surface area (Å²) >= 11 is 0. The Kier molecular flexibility index (Phi) is 8.81. The molecule has 0 aliphatic heterocycles. The molecule has 3 aromatic rings. The van der Waals surface area contributed by atoms with Crippen molar-refractivity contribution in [2.45, 2.75) is 25.8 Å². The molecule has 0 radical (unpaired) electrons. The molecule has 13 heteroatoms. The van der Waals surface area contributed by atoms with Crippen molar-refractivity contribution in [3.63, 3.8) is 0 Å². The van der Waals surface area contributed by atoms with E-state index in [4.69, 9.17) is 20.9 Å². The number of sulfonamides is 1. The molecular weight excluding hydrogens is 535 g/mol. The highest BCUT2D eigenvalue weighted by molar-refractivity contribution is 7.93. The Morgan fingerprint density at radius 1 is 1.05 bits per heavy atom. The van der Waals surface area contributed by atoms with Gasteiger partial charge in [0.2, 0.25) is 5.95 Å². The highest BCUT2D eigenvalue weighted by atomic mass is 32.2. The Balaban J connectivity index is 1.97. The van der Waals surface area contributed by atoms with Gasteiger partial charge in [-0.3, -0.25) is 4.31 Å². The zero-order valence-electron chi connectivity index (χ0n) is 21.7. The van der Waals surface area contributed by atoms with E-state index in [1.54, 1.807) is 26.0 Å². The third-order valence-electron chi connectivity index (χ3n) is 5.46. The summed E-state index contributed by atoms with van der Waals surface area (Å²) in [4.78, 5) is 7.94. The molecular formula is C26H28F3N5O4S. The van der Waals surface area contributed by atoms with Gasteiger partial charge in [0.25, 0.3) is 0 Å². The van der Waals surface area contributed by atoms with Gasteiger partial charge in [0.15, 0.2) is 11.5 Å². The van der Waals surface area contributed by atoms with Crippen molar-refractivity contribution < 1.29 is 31.1 Å². The number of halogens is 3. The Morgan fingerprint density at radius 3 is 2.26 bits per heavy atom. The monoisotopic (exact) mass is 563 g/mol. The van der Waals surface area contributed by atoms with E-state index in [9.17, 15) is 21.6 Å². The Bertz CT molecular complexity index is 1500. The third-order valence-corrected chi connectivity index (χ3v) is 6.99. The zero-order valence-corrected chi connectivity index (χ0v) is 22.5. The van der Waals surface area contributed by atoms with Gasteiger partial charge in [-0.2, -0.15) is 26.6 Å². The average molecular weight is 564 g/mol. The number of benzene rings is 2. The first-order valence-corrected chi connectivity index (χ1v) is 13.0. The van der Waals surface area contributed by atoms with Gasteiger partial charge in [-0.1, -0.05) is 25.7 Å². The number of methoxy groups -OCH3 is 2. The number of anilines is 3. The van der Waals surface area contributed by atoms with Gasteiger partial charge in [-0.15, -0.1) is 0 Å². The molecule has 0 unspecified atom stereocenters. The SMILES string of the molecule is COc1cc(Cc2cnc(N)nc2N)cc(C#Cc2ccc(N(CC(C)C)S(=O)(=O)C(F)(F)F)cc2)c1OC. The summed E-state index contributed by atoms with van der Waals surface area (Å²) in [6, 6.07) is 9.00. The lowest BCUT2D eigenvalue weighted by atomic mass is 10.0. The summed E-state index contributed by atoms with van der Waals surface area (Å²) in [5.41, 5.74) is 8.33. The number of hydrogen-bond acceptors (Lipinski definition) is 8. The van der Waals surface area contributed by atoms with Gasteiger partial charge >= 0.3 is 15.5 Å². The van der Waals surface area contributed by atoms with Gasteiger partial charge in [0, 0.05) is 30.3 Å². The van der Waals surface area contributed by atoms with Gasteiger partial charge in [0.05, 0.1) is 25.5 Å². The summed E-state index contributed by atoms with van der Waals surface area (Å²) in [5.74, 6) is 6.68. The van der Waals surface area contributed by atoms with Crippen molar-refractivity contribution >= 4 is 27.5 Å². The number of aromatic nitrogens is 2. The van der Waals surface area contributed by atoms with Crippen LogP contribution in [0.4, 0.5) is 30.6 Å². The summed E-state index contributed by atoms with van der Waals surface area (Å²) in [5, 5.41) is 0. The smallest absolute Gasteiger partial charge is 0.493 e. The van der Waals surface area contributed by atoms with Crippen molar-refractivity contribution in [3.8, 4) is 23.3 Å². The highest BCUT2D eigenvalue weighted by Crippen LogP contribution is 2.34. The minimum Gasteiger partial charge on any atom is -0.493 e. The van der Waals surface area contributed by atoms with E-state index in [0.717, 1.165) is 5.56 Å². The van der Waals surface area contributed by atoms with E-state index in [1.165, 1.54) is 44.7 Å². The van der Waals surface area contributed by atoms with Gasteiger partial charge in [-0.25, -0.2) is 4.98 Å². The van der Waals surface area contributed by atoms with E-state index < -0.39 is 15.5 Å². The van der Waals surface area contributed by atoms with Crippen LogP contribution in [0, 0.1) is 17.8 Å². The van der Waals surface area contributed by atoms with Crippen molar-refractivity contribution in [1.29, 1.82) is 0 Å². The van der Waals surface area contributed by atoms with Gasteiger partial charge in [0.1, 0.15) is 5.82 Å². The second-order valence-corrected chi connectivity index (χ2v) is 10.7. The fourth-order valence-corrected chi connectivity index (χ4v) is 4.80. The lowest BCUT2D eigenvalue weighted by molar-refractivity contribution is -0.0438. The molecule has 1 aromatic heterocycles. The van der Waals surface area contributed by atoms with Crippen LogP contribution in [-0.2, 0) is 16.4 Å². The molecule has 4 N–H and O–H groups in total. The van der Waals surface area contributed by atoms with Crippen LogP contribution >= 0.6 is 0 Å². The van der Waals surface area contributed by atoms with Crippen LogP contribution in [0.1, 0.15) is 36.1 Å². The molecule has 0 bridgehead atoms. The maximum Gasteiger partial charge on any atom is 0.516 e. The van der Waals surface area contributed by atoms with E-state index in [1.807, 2.05) is 0 Å². The molecule has 0 aliphatic rings. The first-order valence-electron chi connectivity index (χ1n) is 11.6. The van der Waals surface area contributed by atoms with Crippen LogP contribution in [0.3, 0.4) is 0 Å². The molecule has 208 valence electrons. The number of nitrogens with two attached hydrogens (primary N) is 2. The first-order chi connectivity index (χ1) is 18.3. The quantitative estimate of drug-likeness (QED) is 0.394. The Morgan fingerprint density at radius 2 is 1.72 bits per heavy atom. The molecule has 9 nitrogen and oxygen atoms in total. The summed E-state index contributed by atoms with van der Waals surface area (Å²) in [6.07, 6.45) is 1.89. The molecule has 39 heavy (non-hydrogen) atoms. The molecule has 1 heterocycles. The molecule has 0 saturated heterocycles. The maximum atomic E-state index is 13.3. The number of nitrogens with zero attached hydrogens (tertiary/aromatic N) is 3. The fraction of sp³-hybridized carbons (Fsp3) is 0.308. The highest BCUT2D eigenvalue weighted by Gasteiger charge is 2.50. The van der Waals surface area contributed by atoms with Crippen LogP contribution in [0.25, 0.3) is 0 Å². The largest absolute Gasteiger partial charge is 0.516 e. The topological polar surface area (TPSA) is 134 Å². The number of ether oxygens (including phenoxy) is 2. The van der Waals surface area contributed by atoms with Crippen LogP contribution in [0.5, 0.6) is 11.5 Å². The normalized spacial score (nSPS) is 11.6. The van der Waals surface area contributed by atoms with Gasteiger partial charge < -0.3 is 20.9 Å². The first kappa shape index (κ1) is 29.4. The Labute approximate surface area is 225 Å². The van der Waals surface area contributed by atoms with Crippen LogP contribution in [0.15, 0.2) is 42.6 Å². The standard InChI is InChI=1S/C26H28F3N5O4S/c1-16(2)15-34(39(35,36)26(27,28)29)21-9-6-17(7-10-21)5-8-19-11-18(13-22(37-3)23(19)38-4)12-20-14-32-25(31)33-24(20)30/h6-7,9-11,13-14,16H,12,15H2,1-4H3,(H4,30,31,32,33). The van der Waals surface area contributed by atoms with Gasteiger partial charge in [-0.05, 0) is 47.9 Å². The summed E-state index contributed by atoms with van der Waals surface area (Å²) in [7, 11) is -2.62. The van der Waals surface area contributed by atoms with Crippen LogP contribution in [-0.4, -0.2) is 44.7 Å². The van der Waals surface area contributed by atoms with E-state index >= 15 is 0 Å². The molecule has 0 atom stereocenters. The number of nitrogen functional groups attached to an aromatic ring is 2. The van der Waals surface area contributed by atoms with E-state index in [2.05, 4.69) is 21.8 Å².